The van der Waals surface area contributed by atoms with Crippen molar-refractivity contribution in [3.63, 3.8) is 0 Å². The molecule has 0 saturated carbocycles. The smallest absolute Gasteiger partial charge is 0.343 e. The highest BCUT2D eigenvalue weighted by atomic mass is 35.5. The Labute approximate surface area is 247 Å². The van der Waals surface area contributed by atoms with Crippen LogP contribution in [0.25, 0.3) is 6.08 Å². The van der Waals surface area contributed by atoms with Gasteiger partial charge in [0, 0.05) is 5.69 Å². The van der Waals surface area contributed by atoms with Gasteiger partial charge in [0.05, 0.1) is 16.4 Å². The minimum absolute atomic E-state index is 0.176. The number of hydrogen-bond donors (Lipinski definition) is 1. The molecular weight excluding hydrogens is 554 g/mol. The van der Waals surface area contributed by atoms with E-state index >= 15 is 0 Å². The van der Waals surface area contributed by atoms with E-state index in [4.69, 9.17) is 16.3 Å². The van der Waals surface area contributed by atoms with Gasteiger partial charge in [-0.1, -0.05) is 66.2 Å². The number of nitrogens with zero attached hydrogens (tertiary/aromatic N) is 2. The first-order valence-corrected chi connectivity index (χ1v) is 13.5. The van der Waals surface area contributed by atoms with E-state index in [1.807, 2.05) is 32.0 Å². The highest BCUT2D eigenvalue weighted by Gasteiger charge is 2.43. The van der Waals surface area contributed by atoms with E-state index in [2.05, 4.69) is 5.32 Å². The molecule has 1 aliphatic rings. The Morgan fingerprint density at radius 1 is 0.810 bits per heavy atom. The molecule has 4 aromatic rings. The molecular formula is C33H26ClN3O5. The number of amides is 5. The first kappa shape index (κ1) is 28.3. The second-order valence-corrected chi connectivity index (χ2v) is 9.97. The van der Waals surface area contributed by atoms with Gasteiger partial charge in [0.1, 0.15) is 11.3 Å². The summed E-state index contributed by atoms with van der Waals surface area (Å²) in [6, 6.07) is 26.3. The van der Waals surface area contributed by atoms with Crippen molar-refractivity contribution in [2.75, 3.05) is 21.7 Å². The van der Waals surface area contributed by atoms with Crippen molar-refractivity contribution in [2.45, 2.75) is 13.8 Å². The summed E-state index contributed by atoms with van der Waals surface area (Å²) in [5.41, 5.74) is 3.58. The second-order valence-electron chi connectivity index (χ2n) is 9.57. The molecule has 42 heavy (non-hydrogen) atoms. The molecule has 5 amide bonds. The number of para-hydroxylation sites is 2. The zero-order chi connectivity index (χ0) is 29.8. The fourth-order valence-corrected chi connectivity index (χ4v) is 4.69. The molecule has 1 N–H and O–H groups in total. The first-order chi connectivity index (χ1) is 20.2. The van der Waals surface area contributed by atoms with Gasteiger partial charge in [0.2, 0.25) is 0 Å². The van der Waals surface area contributed by atoms with Crippen LogP contribution in [0.1, 0.15) is 16.7 Å². The number of imide groups is 2. The summed E-state index contributed by atoms with van der Waals surface area (Å²) in [5, 5.41) is 3.00. The summed E-state index contributed by atoms with van der Waals surface area (Å²) in [4.78, 5) is 54.9. The number of rotatable bonds is 7. The fourth-order valence-electron chi connectivity index (χ4n) is 4.45. The lowest BCUT2D eigenvalue weighted by Crippen LogP contribution is -2.57. The van der Waals surface area contributed by atoms with E-state index in [0.29, 0.717) is 22.6 Å². The molecule has 0 bridgehead atoms. The molecule has 0 radical (unpaired) electrons. The molecule has 1 fully saturated rings. The minimum atomic E-state index is -0.777. The lowest BCUT2D eigenvalue weighted by Gasteiger charge is -2.33. The molecule has 8 nitrogen and oxygen atoms in total. The predicted octanol–water partition coefficient (Wildman–Crippen LogP) is 6.56. The lowest BCUT2D eigenvalue weighted by atomic mass is 10.0. The summed E-state index contributed by atoms with van der Waals surface area (Å²) in [5.74, 6) is -1.62. The largest absolute Gasteiger partial charge is 0.482 e. The van der Waals surface area contributed by atoms with Gasteiger partial charge in [0.15, 0.2) is 6.61 Å². The Morgan fingerprint density at radius 2 is 1.40 bits per heavy atom. The second kappa shape index (κ2) is 12.1. The van der Waals surface area contributed by atoms with Crippen molar-refractivity contribution in [2.24, 2.45) is 0 Å². The van der Waals surface area contributed by atoms with Gasteiger partial charge in [-0.15, -0.1) is 0 Å². The normalized spacial score (nSPS) is 13.3. The molecule has 9 heteroatoms. The number of urea groups is 1. The van der Waals surface area contributed by atoms with E-state index < -0.39 is 17.8 Å². The molecule has 4 aromatic carbocycles. The Balaban J connectivity index is 1.39. The average Bonchev–Trinajstić information content (AvgIpc) is 2.98. The molecule has 0 atom stereocenters. The third-order valence-electron chi connectivity index (χ3n) is 6.78. The van der Waals surface area contributed by atoms with E-state index in [1.165, 1.54) is 12.1 Å². The maximum atomic E-state index is 13.5. The van der Waals surface area contributed by atoms with E-state index in [-0.39, 0.29) is 28.9 Å². The molecule has 0 aromatic heterocycles. The number of barbiturate groups is 1. The average molecular weight is 580 g/mol. The van der Waals surface area contributed by atoms with Crippen LogP contribution < -0.4 is 19.9 Å². The minimum Gasteiger partial charge on any atom is -0.482 e. The molecule has 0 spiro atoms. The topological polar surface area (TPSA) is 96.0 Å². The lowest BCUT2D eigenvalue weighted by molar-refractivity contribution is -0.121. The van der Waals surface area contributed by atoms with Crippen LogP contribution in [0, 0.1) is 13.8 Å². The molecule has 0 aliphatic carbocycles. The van der Waals surface area contributed by atoms with Crippen molar-refractivity contribution in [3.8, 4) is 5.75 Å². The number of hydrogen-bond acceptors (Lipinski definition) is 5. The zero-order valence-corrected chi connectivity index (χ0v) is 23.6. The molecule has 5 rings (SSSR count). The van der Waals surface area contributed by atoms with Gasteiger partial charge in [0.25, 0.3) is 17.7 Å². The molecule has 1 heterocycles. The maximum Gasteiger partial charge on any atom is 0.343 e. The summed E-state index contributed by atoms with van der Waals surface area (Å²) < 4.78 is 5.63. The van der Waals surface area contributed by atoms with Crippen LogP contribution in [0.2, 0.25) is 5.02 Å². The highest BCUT2D eigenvalue weighted by molar-refractivity contribution is 6.46. The van der Waals surface area contributed by atoms with Gasteiger partial charge in [-0.05, 0) is 79.1 Å². The van der Waals surface area contributed by atoms with Gasteiger partial charge in [-0.25, -0.2) is 14.6 Å². The van der Waals surface area contributed by atoms with Gasteiger partial charge < -0.3 is 10.1 Å². The third-order valence-corrected chi connectivity index (χ3v) is 7.08. The standard InChI is InChI=1S/C33H26ClN3O5/c1-21-10-9-15-28(22(21)2)35-30(38)20-42-29-17-16-23(19-27(29)34)18-26-31(39)36(24-11-5-3-6-12-24)33(41)37(32(26)40)25-13-7-4-8-14-25/h3-19H,20H2,1-2H3,(H,35,38). The maximum absolute atomic E-state index is 13.5. The van der Waals surface area contributed by atoms with Crippen molar-refractivity contribution in [1.82, 2.24) is 0 Å². The van der Waals surface area contributed by atoms with Crippen molar-refractivity contribution >= 4 is 58.5 Å². The monoisotopic (exact) mass is 579 g/mol. The Morgan fingerprint density at radius 3 is 1.98 bits per heavy atom. The van der Waals surface area contributed by atoms with Crippen LogP contribution in [0.3, 0.4) is 0 Å². The first-order valence-electron chi connectivity index (χ1n) is 13.1. The number of anilines is 3. The fraction of sp³-hybridized carbons (Fsp3) is 0.0909. The summed E-state index contributed by atoms with van der Waals surface area (Å²) in [7, 11) is 0. The van der Waals surface area contributed by atoms with Gasteiger partial charge in [-0.3, -0.25) is 14.4 Å². The van der Waals surface area contributed by atoms with Crippen LogP contribution in [0.15, 0.2) is 103 Å². The Kier molecular flexibility index (Phi) is 8.17. The summed E-state index contributed by atoms with van der Waals surface area (Å²) >= 11 is 6.45. The van der Waals surface area contributed by atoms with E-state index in [0.717, 1.165) is 20.9 Å². The van der Waals surface area contributed by atoms with Gasteiger partial charge >= 0.3 is 6.03 Å². The number of ether oxygens (including phenoxy) is 1. The van der Waals surface area contributed by atoms with Crippen LogP contribution in [-0.2, 0) is 14.4 Å². The van der Waals surface area contributed by atoms with E-state index in [1.54, 1.807) is 72.8 Å². The number of aryl methyl sites for hydroxylation is 1. The highest BCUT2D eigenvalue weighted by Crippen LogP contribution is 2.31. The molecule has 210 valence electrons. The SMILES string of the molecule is Cc1cccc(NC(=O)COc2ccc(C=C3C(=O)N(c4ccccc4)C(=O)N(c4ccccc4)C3=O)cc2Cl)c1C. The third kappa shape index (κ3) is 5.80. The Hall–Kier alpha value is -5.21. The molecule has 0 unspecified atom stereocenters. The van der Waals surface area contributed by atoms with Crippen LogP contribution >= 0.6 is 11.6 Å². The number of nitrogens with one attached hydrogen (secondary N) is 1. The zero-order valence-electron chi connectivity index (χ0n) is 22.8. The summed E-state index contributed by atoms with van der Waals surface area (Å²) in [6.07, 6.45) is 1.38. The van der Waals surface area contributed by atoms with Crippen molar-refractivity contribution < 1.29 is 23.9 Å². The predicted molar refractivity (Wildman–Crippen MR) is 163 cm³/mol. The number of halogens is 1. The van der Waals surface area contributed by atoms with Crippen LogP contribution in [0.5, 0.6) is 5.75 Å². The van der Waals surface area contributed by atoms with Crippen LogP contribution in [-0.4, -0.2) is 30.4 Å². The van der Waals surface area contributed by atoms with Gasteiger partial charge in [-0.2, -0.15) is 0 Å². The van der Waals surface area contributed by atoms with Crippen LogP contribution in [0.4, 0.5) is 21.9 Å². The molecule has 1 saturated heterocycles. The summed E-state index contributed by atoms with van der Waals surface area (Å²) in [6.45, 7) is 3.61. The Bertz CT molecular complexity index is 1660. The van der Waals surface area contributed by atoms with Crippen molar-refractivity contribution in [1.29, 1.82) is 0 Å². The number of carbonyl (C=O) groups is 4. The quantitative estimate of drug-likeness (QED) is 0.198. The molecule has 1 aliphatic heterocycles. The number of benzene rings is 4. The number of carbonyl (C=O) groups excluding carboxylic acids is 4. The van der Waals surface area contributed by atoms with E-state index in [9.17, 15) is 19.2 Å². The van der Waals surface area contributed by atoms with Crippen molar-refractivity contribution in [3.05, 3.63) is 124 Å².